The third-order valence-corrected chi connectivity index (χ3v) is 2.54. The highest BCUT2D eigenvalue weighted by Gasteiger charge is 1.96. The molecule has 0 amide bonds. The monoisotopic (exact) mass is 247 g/mol. The summed E-state index contributed by atoms with van der Waals surface area (Å²) in [6.45, 7) is 2.80. The molecule has 3 heteroatoms. The van der Waals surface area contributed by atoms with E-state index in [0.29, 0.717) is 0 Å². The predicted octanol–water partition coefficient (Wildman–Crippen LogP) is 2.77. The van der Waals surface area contributed by atoms with Crippen LogP contribution in [0.25, 0.3) is 0 Å². The van der Waals surface area contributed by atoms with E-state index in [1.807, 2.05) is 6.07 Å². The van der Waals surface area contributed by atoms with Gasteiger partial charge in [-0.2, -0.15) is 0 Å². The maximum absolute atomic E-state index is 8.62. The highest BCUT2D eigenvalue weighted by molar-refractivity contribution is 5.36. The SMILES string of the molecule is CCCCCCCOc1cncc(C#CCO)c1. The number of aliphatic hydroxyl groups is 1. The minimum Gasteiger partial charge on any atom is -0.492 e. The largest absolute Gasteiger partial charge is 0.492 e. The van der Waals surface area contributed by atoms with Gasteiger partial charge >= 0.3 is 0 Å². The van der Waals surface area contributed by atoms with E-state index in [9.17, 15) is 0 Å². The zero-order chi connectivity index (χ0) is 13.1. The molecule has 98 valence electrons. The minimum atomic E-state index is -0.136. The van der Waals surface area contributed by atoms with E-state index in [1.165, 1.54) is 25.7 Å². The van der Waals surface area contributed by atoms with Gasteiger partial charge in [0, 0.05) is 11.8 Å². The minimum absolute atomic E-state index is 0.136. The Hall–Kier alpha value is -1.53. The summed E-state index contributed by atoms with van der Waals surface area (Å²) in [5.74, 6) is 6.15. The van der Waals surface area contributed by atoms with Gasteiger partial charge in [0.25, 0.3) is 0 Å². The highest BCUT2D eigenvalue weighted by Crippen LogP contribution is 2.11. The van der Waals surface area contributed by atoms with Crippen LogP contribution in [0.15, 0.2) is 18.5 Å². The van der Waals surface area contributed by atoms with E-state index in [-0.39, 0.29) is 6.61 Å². The zero-order valence-electron chi connectivity index (χ0n) is 11.0. The van der Waals surface area contributed by atoms with Crippen LogP contribution in [0.2, 0.25) is 0 Å². The normalized spacial score (nSPS) is 9.67. The molecule has 0 aliphatic heterocycles. The van der Waals surface area contributed by atoms with Crippen molar-refractivity contribution in [3.63, 3.8) is 0 Å². The first kappa shape index (κ1) is 14.5. The Labute approximate surface area is 109 Å². The van der Waals surface area contributed by atoms with E-state index < -0.39 is 0 Å². The Morgan fingerprint density at radius 2 is 2.06 bits per heavy atom. The number of unbranched alkanes of at least 4 members (excludes halogenated alkanes) is 4. The first-order chi connectivity index (χ1) is 8.86. The van der Waals surface area contributed by atoms with Crippen LogP contribution in [0.1, 0.15) is 44.6 Å². The van der Waals surface area contributed by atoms with Crippen molar-refractivity contribution in [2.24, 2.45) is 0 Å². The molecule has 1 aromatic heterocycles. The van der Waals surface area contributed by atoms with Gasteiger partial charge in [0.15, 0.2) is 0 Å². The molecule has 0 bridgehead atoms. The molecule has 3 nitrogen and oxygen atoms in total. The molecule has 0 aliphatic carbocycles. The fourth-order valence-corrected chi connectivity index (χ4v) is 1.60. The van der Waals surface area contributed by atoms with Crippen LogP contribution in [-0.4, -0.2) is 23.3 Å². The smallest absolute Gasteiger partial charge is 0.138 e. The topological polar surface area (TPSA) is 42.4 Å². The number of pyridine rings is 1. The molecule has 18 heavy (non-hydrogen) atoms. The highest BCUT2D eigenvalue weighted by atomic mass is 16.5. The van der Waals surface area contributed by atoms with E-state index in [0.717, 1.165) is 24.3 Å². The maximum Gasteiger partial charge on any atom is 0.138 e. The first-order valence-electron chi connectivity index (χ1n) is 6.54. The van der Waals surface area contributed by atoms with Gasteiger partial charge < -0.3 is 9.84 Å². The van der Waals surface area contributed by atoms with E-state index in [2.05, 4.69) is 23.7 Å². The molecule has 0 aromatic carbocycles. The van der Waals surface area contributed by atoms with Gasteiger partial charge in [-0.1, -0.05) is 44.4 Å². The van der Waals surface area contributed by atoms with Crippen molar-refractivity contribution >= 4 is 0 Å². The number of aromatic nitrogens is 1. The first-order valence-corrected chi connectivity index (χ1v) is 6.54. The number of hydrogen-bond acceptors (Lipinski definition) is 3. The summed E-state index contributed by atoms with van der Waals surface area (Å²) in [6, 6.07) is 1.85. The Morgan fingerprint density at radius 1 is 1.22 bits per heavy atom. The molecule has 1 heterocycles. The lowest BCUT2D eigenvalue weighted by Crippen LogP contribution is -1.98. The molecule has 1 rings (SSSR count). The van der Waals surface area contributed by atoms with E-state index in [4.69, 9.17) is 9.84 Å². The quantitative estimate of drug-likeness (QED) is 0.595. The molecule has 0 unspecified atom stereocenters. The van der Waals surface area contributed by atoms with Crippen molar-refractivity contribution in [2.75, 3.05) is 13.2 Å². The zero-order valence-corrected chi connectivity index (χ0v) is 11.0. The lowest BCUT2D eigenvalue weighted by Gasteiger charge is -2.05. The van der Waals surface area contributed by atoms with Gasteiger partial charge in [-0.3, -0.25) is 4.98 Å². The van der Waals surface area contributed by atoms with Crippen molar-refractivity contribution in [3.8, 4) is 17.6 Å². The molecule has 0 spiro atoms. The fourth-order valence-electron chi connectivity index (χ4n) is 1.60. The predicted molar refractivity (Wildman–Crippen MR) is 72.5 cm³/mol. The summed E-state index contributed by atoms with van der Waals surface area (Å²) in [7, 11) is 0. The van der Waals surface area contributed by atoms with Crippen LogP contribution in [-0.2, 0) is 0 Å². The number of ether oxygens (including phenoxy) is 1. The second-order valence-electron chi connectivity index (χ2n) is 4.13. The van der Waals surface area contributed by atoms with Crippen LogP contribution in [0.5, 0.6) is 5.75 Å². The average Bonchev–Trinajstić information content (AvgIpc) is 2.41. The summed E-state index contributed by atoms with van der Waals surface area (Å²) in [6.07, 6.45) is 9.48. The number of nitrogens with zero attached hydrogens (tertiary/aromatic N) is 1. The van der Waals surface area contributed by atoms with Gasteiger partial charge in [0.1, 0.15) is 12.4 Å². The van der Waals surface area contributed by atoms with Gasteiger partial charge in [0.2, 0.25) is 0 Å². The molecule has 0 aliphatic rings. The van der Waals surface area contributed by atoms with E-state index >= 15 is 0 Å². The summed E-state index contributed by atoms with van der Waals surface area (Å²) in [5, 5.41) is 8.62. The third-order valence-electron chi connectivity index (χ3n) is 2.54. The molecular formula is C15H21NO2. The molecule has 0 fully saturated rings. The molecule has 0 radical (unpaired) electrons. The van der Waals surface area contributed by atoms with Crippen LogP contribution in [0.4, 0.5) is 0 Å². The van der Waals surface area contributed by atoms with Crippen molar-refractivity contribution in [3.05, 3.63) is 24.0 Å². The Morgan fingerprint density at radius 3 is 2.83 bits per heavy atom. The third kappa shape index (κ3) is 6.27. The van der Waals surface area contributed by atoms with Crippen LogP contribution in [0.3, 0.4) is 0 Å². The van der Waals surface area contributed by atoms with Crippen molar-refractivity contribution in [2.45, 2.75) is 39.0 Å². The summed E-state index contributed by atoms with van der Waals surface area (Å²) in [5.41, 5.74) is 0.771. The van der Waals surface area contributed by atoms with Crippen LogP contribution < -0.4 is 4.74 Å². The molecule has 0 saturated heterocycles. The van der Waals surface area contributed by atoms with Crippen LogP contribution >= 0.6 is 0 Å². The van der Waals surface area contributed by atoms with Crippen LogP contribution in [0, 0.1) is 11.8 Å². The molecule has 0 atom stereocenters. The fraction of sp³-hybridized carbons (Fsp3) is 0.533. The second kappa shape index (κ2) is 9.49. The molecule has 1 N–H and O–H groups in total. The average molecular weight is 247 g/mol. The van der Waals surface area contributed by atoms with Gasteiger partial charge in [-0.25, -0.2) is 0 Å². The lowest BCUT2D eigenvalue weighted by atomic mass is 10.2. The van der Waals surface area contributed by atoms with Gasteiger partial charge in [-0.15, -0.1) is 0 Å². The van der Waals surface area contributed by atoms with E-state index in [1.54, 1.807) is 12.4 Å². The van der Waals surface area contributed by atoms with Gasteiger partial charge in [-0.05, 0) is 12.5 Å². The summed E-state index contributed by atoms with van der Waals surface area (Å²) < 4.78 is 5.61. The Balaban J connectivity index is 2.29. The summed E-state index contributed by atoms with van der Waals surface area (Å²) in [4.78, 5) is 4.06. The van der Waals surface area contributed by atoms with Crippen molar-refractivity contribution in [1.82, 2.24) is 4.98 Å². The molecule has 1 aromatic rings. The number of rotatable bonds is 7. The van der Waals surface area contributed by atoms with Crippen molar-refractivity contribution < 1.29 is 9.84 Å². The molecular weight excluding hydrogens is 226 g/mol. The number of hydrogen-bond donors (Lipinski definition) is 1. The Kier molecular flexibility index (Phi) is 7.66. The number of aliphatic hydroxyl groups excluding tert-OH is 1. The maximum atomic E-state index is 8.62. The standard InChI is InChI=1S/C15H21NO2/c1-2-3-4-5-6-10-18-15-11-14(8-7-9-17)12-16-13-15/h11-13,17H,2-6,9-10H2,1H3. The second-order valence-corrected chi connectivity index (χ2v) is 4.13. The van der Waals surface area contributed by atoms with Gasteiger partial charge in [0.05, 0.1) is 12.8 Å². The Bertz CT molecular complexity index is 393. The van der Waals surface area contributed by atoms with Crippen molar-refractivity contribution in [1.29, 1.82) is 0 Å². The molecule has 0 saturated carbocycles. The summed E-state index contributed by atoms with van der Waals surface area (Å²) >= 11 is 0. The lowest BCUT2D eigenvalue weighted by molar-refractivity contribution is 0.303.